The standard InChI is InChI=1S/C23H21NO3S/c1-17-13-14-28-21(17)11-12-23(26)27-16-22(25)24-20-10-6-5-9-19(20)15-18-7-3-2-4-8-18/h2-14H,15-16H2,1H3,(H,24,25)/b12-11+. The molecule has 0 radical (unpaired) electrons. The van der Waals surface area contributed by atoms with Crippen LogP contribution in [-0.4, -0.2) is 18.5 Å². The molecule has 1 heterocycles. The van der Waals surface area contributed by atoms with Crippen molar-refractivity contribution in [2.24, 2.45) is 0 Å². The Morgan fingerprint density at radius 2 is 1.79 bits per heavy atom. The molecule has 0 saturated carbocycles. The predicted molar refractivity (Wildman–Crippen MR) is 113 cm³/mol. The fourth-order valence-corrected chi connectivity index (χ4v) is 3.50. The number of anilines is 1. The normalized spacial score (nSPS) is 10.8. The van der Waals surface area contributed by atoms with Crippen LogP contribution in [0.1, 0.15) is 21.6 Å². The third kappa shape index (κ3) is 5.66. The van der Waals surface area contributed by atoms with Crippen LogP contribution in [-0.2, 0) is 20.7 Å². The summed E-state index contributed by atoms with van der Waals surface area (Å²) in [6, 6.07) is 19.6. The second-order valence-electron chi connectivity index (χ2n) is 6.28. The van der Waals surface area contributed by atoms with Crippen LogP contribution in [0.15, 0.2) is 72.1 Å². The predicted octanol–water partition coefficient (Wildman–Crippen LogP) is 4.84. The Bertz CT molecular complexity index is 976. The smallest absolute Gasteiger partial charge is 0.331 e. The maximum atomic E-state index is 12.2. The molecular formula is C23H21NO3S. The Labute approximate surface area is 168 Å². The van der Waals surface area contributed by atoms with Crippen LogP contribution in [0.4, 0.5) is 5.69 Å². The number of aryl methyl sites for hydroxylation is 1. The minimum atomic E-state index is -0.541. The highest BCUT2D eigenvalue weighted by Crippen LogP contribution is 2.19. The number of para-hydroxylation sites is 1. The van der Waals surface area contributed by atoms with Crippen molar-refractivity contribution in [3.05, 3.63) is 93.7 Å². The van der Waals surface area contributed by atoms with E-state index >= 15 is 0 Å². The molecule has 0 atom stereocenters. The molecule has 3 rings (SSSR count). The van der Waals surface area contributed by atoms with Crippen molar-refractivity contribution in [2.75, 3.05) is 11.9 Å². The van der Waals surface area contributed by atoms with E-state index in [0.29, 0.717) is 6.42 Å². The van der Waals surface area contributed by atoms with E-state index in [2.05, 4.69) is 5.32 Å². The molecule has 0 fully saturated rings. The zero-order valence-electron chi connectivity index (χ0n) is 15.6. The van der Waals surface area contributed by atoms with E-state index in [1.165, 1.54) is 6.08 Å². The summed E-state index contributed by atoms with van der Waals surface area (Å²) in [5.74, 6) is -0.907. The first-order valence-electron chi connectivity index (χ1n) is 8.92. The molecule has 5 heteroatoms. The summed E-state index contributed by atoms with van der Waals surface area (Å²) in [6.07, 6.45) is 3.75. The van der Waals surface area contributed by atoms with Gasteiger partial charge in [-0.1, -0.05) is 48.5 Å². The molecule has 0 saturated heterocycles. The zero-order valence-corrected chi connectivity index (χ0v) is 16.4. The Hall–Kier alpha value is -3.18. The molecule has 142 valence electrons. The zero-order chi connectivity index (χ0) is 19.8. The highest BCUT2D eigenvalue weighted by molar-refractivity contribution is 7.11. The molecule has 1 amide bonds. The van der Waals surface area contributed by atoms with Gasteiger partial charge >= 0.3 is 5.97 Å². The van der Waals surface area contributed by atoms with Crippen molar-refractivity contribution in [1.29, 1.82) is 0 Å². The molecule has 0 spiro atoms. The molecule has 0 bridgehead atoms. The average Bonchev–Trinajstić information content (AvgIpc) is 3.12. The third-order valence-electron chi connectivity index (χ3n) is 4.15. The third-order valence-corrected chi connectivity index (χ3v) is 5.13. The summed E-state index contributed by atoms with van der Waals surface area (Å²) in [7, 11) is 0. The number of amides is 1. The minimum absolute atomic E-state index is 0.327. The number of hydrogen-bond donors (Lipinski definition) is 1. The highest BCUT2D eigenvalue weighted by atomic mass is 32.1. The summed E-state index contributed by atoms with van der Waals surface area (Å²) < 4.78 is 5.04. The van der Waals surface area contributed by atoms with E-state index in [9.17, 15) is 9.59 Å². The molecule has 2 aromatic carbocycles. The summed E-state index contributed by atoms with van der Waals surface area (Å²) in [4.78, 5) is 25.0. The Kier molecular flexibility index (Phi) is 6.76. The first kappa shape index (κ1) is 19.6. The van der Waals surface area contributed by atoms with Crippen molar-refractivity contribution in [1.82, 2.24) is 0 Å². The van der Waals surface area contributed by atoms with Crippen LogP contribution in [0.5, 0.6) is 0 Å². The van der Waals surface area contributed by atoms with Gasteiger partial charge in [-0.3, -0.25) is 4.79 Å². The lowest BCUT2D eigenvalue weighted by Crippen LogP contribution is -2.20. The maximum Gasteiger partial charge on any atom is 0.331 e. The lowest BCUT2D eigenvalue weighted by atomic mass is 10.0. The maximum absolute atomic E-state index is 12.2. The van der Waals surface area contributed by atoms with Crippen molar-refractivity contribution in [2.45, 2.75) is 13.3 Å². The van der Waals surface area contributed by atoms with Gasteiger partial charge in [-0.15, -0.1) is 11.3 Å². The SMILES string of the molecule is Cc1ccsc1/C=C/C(=O)OCC(=O)Nc1ccccc1Cc1ccccc1. The number of carbonyl (C=O) groups is 2. The summed E-state index contributed by atoms with van der Waals surface area (Å²) in [5, 5.41) is 4.79. The van der Waals surface area contributed by atoms with Crippen LogP contribution in [0.2, 0.25) is 0 Å². The Balaban J connectivity index is 1.54. The van der Waals surface area contributed by atoms with Crippen molar-refractivity contribution in [3.63, 3.8) is 0 Å². The largest absolute Gasteiger partial charge is 0.452 e. The van der Waals surface area contributed by atoms with Gasteiger partial charge in [-0.05, 0) is 53.6 Å². The minimum Gasteiger partial charge on any atom is -0.452 e. The van der Waals surface area contributed by atoms with Gasteiger partial charge in [-0.2, -0.15) is 0 Å². The molecule has 1 N–H and O–H groups in total. The van der Waals surface area contributed by atoms with Crippen molar-refractivity contribution in [3.8, 4) is 0 Å². The number of ether oxygens (including phenoxy) is 1. The van der Waals surface area contributed by atoms with Gasteiger partial charge in [0.15, 0.2) is 6.61 Å². The van der Waals surface area contributed by atoms with E-state index in [1.807, 2.05) is 73.0 Å². The van der Waals surface area contributed by atoms with Crippen LogP contribution in [0, 0.1) is 6.92 Å². The van der Waals surface area contributed by atoms with E-state index in [0.717, 1.165) is 27.3 Å². The number of rotatable bonds is 7. The Morgan fingerprint density at radius 3 is 2.54 bits per heavy atom. The van der Waals surface area contributed by atoms with Gasteiger partial charge in [0.05, 0.1) is 0 Å². The van der Waals surface area contributed by atoms with E-state index in [4.69, 9.17) is 4.74 Å². The summed E-state index contributed by atoms with van der Waals surface area (Å²) >= 11 is 1.55. The average molecular weight is 391 g/mol. The number of esters is 1. The van der Waals surface area contributed by atoms with Crippen molar-refractivity contribution < 1.29 is 14.3 Å². The number of hydrogen-bond acceptors (Lipinski definition) is 4. The van der Waals surface area contributed by atoms with Gasteiger partial charge in [0, 0.05) is 16.6 Å². The number of benzene rings is 2. The highest BCUT2D eigenvalue weighted by Gasteiger charge is 2.09. The lowest BCUT2D eigenvalue weighted by Gasteiger charge is -2.11. The molecule has 28 heavy (non-hydrogen) atoms. The van der Waals surface area contributed by atoms with Crippen LogP contribution in [0.25, 0.3) is 6.08 Å². The monoisotopic (exact) mass is 391 g/mol. The summed E-state index contributed by atoms with van der Waals surface area (Å²) in [5.41, 5.74) is 3.98. The lowest BCUT2D eigenvalue weighted by molar-refractivity contribution is -0.142. The van der Waals surface area contributed by atoms with Crippen molar-refractivity contribution >= 4 is 35.0 Å². The Morgan fingerprint density at radius 1 is 1.04 bits per heavy atom. The fraction of sp³-hybridized carbons (Fsp3) is 0.130. The molecule has 3 aromatic rings. The van der Waals surface area contributed by atoms with Crippen LogP contribution < -0.4 is 5.32 Å². The second-order valence-corrected chi connectivity index (χ2v) is 7.22. The molecular weight excluding hydrogens is 370 g/mol. The van der Waals surface area contributed by atoms with Gasteiger partial charge in [0.2, 0.25) is 0 Å². The van der Waals surface area contributed by atoms with Gasteiger partial charge < -0.3 is 10.1 Å². The van der Waals surface area contributed by atoms with Gasteiger partial charge in [-0.25, -0.2) is 4.79 Å². The fourth-order valence-electron chi connectivity index (χ4n) is 2.68. The van der Waals surface area contributed by atoms with Gasteiger partial charge in [0.1, 0.15) is 0 Å². The van der Waals surface area contributed by atoms with E-state index in [1.54, 1.807) is 17.4 Å². The molecule has 0 aliphatic heterocycles. The van der Waals surface area contributed by atoms with Crippen LogP contribution >= 0.6 is 11.3 Å². The molecule has 1 aromatic heterocycles. The molecule has 0 aliphatic carbocycles. The first-order chi connectivity index (χ1) is 13.6. The summed E-state index contributed by atoms with van der Waals surface area (Å²) in [6.45, 7) is 1.65. The topological polar surface area (TPSA) is 55.4 Å². The molecule has 4 nitrogen and oxygen atoms in total. The molecule has 0 aliphatic rings. The number of thiophene rings is 1. The molecule has 0 unspecified atom stereocenters. The van der Waals surface area contributed by atoms with Crippen LogP contribution in [0.3, 0.4) is 0 Å². The first-order valence-corrected chi connectivity index (χ1v) is 9.80. The quantitative estimate of drug-likeness (QED) is 0.463. The van der Waals surface area contributed by atoms with E-state index in [-0.39, 0.29) is 12.5 Å². The number of nitrogens with one attached hydrogen (secondary N) is 1. The van der Waals surface area contributed by atoms with E-state index < -0.39 is 5.97 Å². The second kappa shape index (κ2) is 9.67. The number of carbonyl (C=O) groups excluding carboxylic acids is 2. The van der Waals surface area contributed by atoms with Gasteiger partial charge in [0.25, 0.3) is 5.91 Å².